The second-order valence-electron chi connectivity index (χ2n) is 10.1. The zero-order chi connectivity index (χ0) is 22.2. The van der Waals surface area contributed by atoms with Gasteiger partial charge in [-0.3, -0.25) is 4.98 Å². The Morgan fingerprint density at radius 2 is 1.94 bits per heavy atom. The van der Waals surface area contributed by atoms with Crippen molar-refractivity contribution in [3.8, 4) is 17.0 Å². The van der Waals surface area contributed by atoms with E-state index in [9.17, 15) is 4.79 Å². The first-order valence-electron chi connectivity index (χ1n) is 10.8. The fourth-order valence-electron chi connectivity index (χ4n) is 4.47. The molecule has 4 rings (SSSR count). The highest BCUT2D eigenvalue weighted by Crippen LogP contribution is 2.49. The van der Waals surface area contributed by atoms with E-state index in [0.717, 1.165) is 53.0 Å². The minimum atomic E-state index is -0.357. The van der Waals surface area contributed by atoms with E-state index in [1.807, 2.05) is 57.2 Å². The van der Waals surface area contributed by atoms with Crippen molar-refractivity contribution in [1.82, 2.24) is 9.97 Å². The molecule has 1 unspecified atom stereocenters. The average molecular weight is 418 g/mol. The Hall–Kier alpha value is -3.08. The lowest BCUT2D eigenvalue weighted by Gasteiger charge is -2.33. The number of carbonyl (C=O) groups excluding carboxylic acids is 1. The molecule has 162 valence electrons. The van der Waals surface area contributed by atoms with Crippen LogP contribution in [0.2, 0.25) is 0 Å². The number of hydrogen-bond donors (Lipinski definition) is 2. The molecule has 1 atom stereocenters. The van der Waals surface area contributed by atoms with E-state index in [1.54, 1.807) is 12.4 Å². The normalized spacial score (nSPS) is 17.6. The molecule has 5 heteroatoms. The highest BCUT2D eigenvalue weighted by atomic mass is 16.5. The van der Waals surface area contributed by atoms with Crippen LogP contribution in [0, 0.1) is 5.41 Å². The van der Waals surface area contributed by atoms with Gasteiger partial charge in [0.25, 0.3) is 0 Å². The predicted molar refractivity (Wildman–Crippen MR) is 125 cm³/mol. The highest BCUT2D eigenvalue weighted by molar-refractivity contribution is 5.88. The summed E-state index contributed by atoms with van der Waals surface area (Å²) in [4.78, 5) is 20.1. The first-order chi connectivity index (χ1) is 14.7. The molecule has 0 saturated heterocycles. The summed E-state index contributed by atoms with van der Waals surface area (Å²) in [7, 11) is 0. The number of hydrogen-bond acceptors (Lipinski definition) is 4. The minimum absolute atomic E-state index is 0.0493. The maximum absolute atomic E-state index is 12.1. The topological polar surface area (TPSA) is 67.0 Å². The Labute approximate surface area is 184 Å². The van der Waals surface area contributed by atoms with Crippen molar-refractivity contribution in [2.75, 3.05) is 5.32 Å². The van der Waals surface area contributed by atoms with Crippen molar-refractivity contribution in [2.45, 2.75) is 59.0 Å². The molecule has 2 aromatic heterocycles. The van der Waals surface area contributed by atoms with Crippen molar-refractivity contribution in [1.29, 1.82) is 0 Å². The second kappa shape index (κ2) is 7.88. The summed E-state index contributed by atoms with van der Waals surface area (Å²) in [6.45, 7) is 10.5. The number of rotatable bonds is 5. The molecule has 0 radical (unpaired) electrons. The number of fused-ring (bicyclic) bond motifs is 1. The third kappa shape index (κ3) is 4.50. The van der Waals surface area contributed by atoms with Crippen LogP contribution < -0.4 is 10.1 Å². The molecule has 0 spiro atoms. The fraction of sp³-hybridized carbons (Fsp3) is 0.385. The van der Waals surface area contributed by atoms with E-state index in [2.05, 4.69) is 29.1 Å². The molecular formula is C26H31N3O2. The average Bonchev–Trinajstić information content (AvgIpc) is 3.04. The monoisotopic (exact) mass is 417 g/mol. The number of aldehydes is 1. The van der Waals surface area contributed by atoms with Crippen LogP contribution in [0.3, 0.4) is 0 Å². The van der Waals surface area contributed by atoms with E-state index in [1.165, 1.54) is 0 Å². The smallest absolute Gasteiger partial charge is 0.147 e. The molecule has 2 heterocycles. The molecule has 31 heavy (non-hydrogen) atoms. The van der Waals surface area contributed by atoms with Crippen LogP contribution in [0.4, 0.5) is 11.4 Å². The lowest BCUT2D eigenvalue weighted by molar-refractivity contribution is -0.109. The van der Waals surface area contributed by atoms with Gasteiger partial charge in [0.2, 0.25) is 0 Å². The number of anilines is 2. The van der Waals surface area contributed by atoms with Gasteiger partial charge in [-0.25, -0.2) is 0 Å². The fourth-order valence-corrected chi connectivity index (χ4v) is 4.47. The number of carbonyl (C=O) groups is 1. The van der Waals surface area contributed by atoms with E-state index < -0.39 is 0 Å². The standard InChI is InChI=1S/C26H31N3O2/c1-25(2,3)31-21-15-27-12-11-19(21)23-24(28-18-9-7-6-8-10-18)22-17(16-30)13-26(4,5)14-20(22)29-23/h6-12,15-17,28-29H,13-14H2,1-5H3. The van der Waals surface area contributed by atoms with Crippen LogP contribution in [0.25, 0.3) is 11.3 Å². The van der Waals surface area contributed by atoms with Crippen molar-refractivity contribution in [2.24, 2.45) is 5.41 Å². The Morgan fingerprint density at radius 1 is 1.19 bits per heavy atom. The highest BCUT2D eigenvalue weighted by Gasteiger charge is 2.37. The number of nitrogens with one attached hydrogen (secondary N) is 2. The van der Waals surface area contributed by atoms with Gasteiger partial charge in [-0.1, -0.05) is 32.0 Å². The number of aromatic nitrogens is 2. The lowest BCUT2D eigenvalue weighted by atomic mass is 9.71. The zero-order valence-corrected chi connectivity index (χ0v) is 19.0. The Bertz CT molecular complexity index is 1080. The minimum Gasteiger partial charge on any atom is -0.486 e. The second-order valence-corrected chi connectivity index (χ2v) is 10.1. The third-order valence-corrected chi connectivity index (χ3v) is 5.60. The van der Waals surface area contributed by atoms with E-state index >= 15 is 0 Å². The van der Waals surface area contributed by atoms with Gasteiger partial charge in [-0.2, -0.15) is 0 Å². The van der Waals surface area contributed by atoms with Crippen LogP contribution in [0.1, 0.15) is 58.2 Å². The summed E-state index contributed by atoms with van der Waals surface area (Å²) in [5.74, 6) is 0.551. The number of para-hydroxylation sites is 1. The van der Waals surface area contributed by atoms with Gasteiger partial charge in [0.1, 0.15) is 17.6 Å². The summed E-state index contributed by atoms with van der Waals surface area (Å²) in [6, 6.07) is 12.0. The van der Waals surface area contributed by atoms with E-state index in [0.29, 0.717) is 5.75 Å². The van der Waals surface area contributed by atoms with Gasteiger partial charge in [0.15, 0.2) is 0 Å². The summed E-state index contributed by atoms with van der Waals surface area (Å²) in [6.07, 6.45) is 6.33. The van der Waals surface area contributed by atoms with Gasteiger partial charge in [-0.15, -0.1) is 0 Å². The largest absolute Gasteiger partial charge is 0.486 e. The van der Waals surface area contributed by atoms with Crippen LogP contribution in [0.15, 0.2) is 48.8 Å². The molecule has 1 aliphatic rings. The predicted octanol–water partition coefficient (Wildman–Crippen LogP) is 6.25. The Kier molecular flexibility index (Phi) is 5.38. The van der Waals surface area contributed by atoms with Crippen molar-refractivity contribution in [3.05, 3.63) is 60.0 Å². The van der Waals surface area contributed by atoms with Crippen LogP contribution >= 0.6 is 0 Å². The summed E-state index contributed by atoms with van der Waals surface area (Å²) < 4.78 is 6.24. The molecule has 0 saturated carbocycles. The molecule has 0 bridgehead atoms. The van der Waals surface area contributed by atoms with Crippen LogP contribution in [-0.2, 0) is 11.2 Å². The molecule has 0 fully saturated rings. The molecule has 2 N–H and O–H groups in total. The number of ether oxygens (including phenoxy) is 1. The molecule has 5 nitrogen and oxygen atoms in total. The van der Waals surface area contributed by atoms with Gasteiger partial charge in [-0.05, 0) is 57.2 Å². The van der Waals surface area contributed by atoms with Crippen molar-refractivity contribution >= 4 is 17.7 Å². The first kappa shape index (κ1) is 21.2. The number of pyridine rings is 1. The van der Waals surface area contributed by atoms with Crippen LogP contribution in [-0.4, -0.2) is 21.9 Å². The Balaban J connectivity index is 1.91. The molecule has 1 aliphatic carbocycles. The summed E-state index contributed by atoms with van der Waals surface area (Å²) in [5.41, 5.74) is 5.65. The number of H-pyrrole nitrogens is 1. The van der Waals surface area contributed by atoms with Gasteiger partial charge >= 0.3 is 0 Å². The summed E-state index contributed by atoms with van der Waals surface area (Å²) >= 11 is 0. The maximum atomic E-state index is 12.1. The quantitative estimate of drug-likeness (QED) is 0.481. The zero-order valence-electron chi connectivity index (χ0n) is 19.0. The lowest BCUT2D eigenvalue weighted by Crippen LogP contribution is -2.26. The van der Waals surface area contributed by atoms with E-state index in [-0.39, 0.29) is 16.9 Å². The number of aromatic amines is 1. The maximum Gasteiger partial charge on any atom is 0.147 e. The molecule has 0 amide bonds. The molecule has 1 aromatic carbocycles. The first-order valence-corrected chi connectivity index (χ1v) is 10.8. The van der Waals surface area contributed by atoms with Crippen molar-refractivity contribution in [3.63, 3.8) is 0 Å². The molecular weight excluding hydrogens is 386 g/mol. The van der Waals surface area contributed by atoms with E-state index in [4.69, 9.17) is 4.74 Å². The van der Waals surface area contributed by atoms with Gasteiger partial charge in [0.05, 0.1) is 17.6 Å². The SMILES string of the molecule is CC1(C)Cc2[nH]c(-c3ccncc3OC(C)(C)C)c(Nc3ccccc3)c2C(C=O)C1. The van der Waals surface area contributed by atoms with Gasteiger partial charge < -0.3 is 19.8 Å². The number of nitrogens with zero attached hydrogens (tertiary/aromatic N) is 1. The van der Waals surface area contributed by atoms with Gasteiger partial charge in [0, 0.05) is 34.6 Å². The number of benzene rings is 1. The summed E-state index contributed by atoms with van der Waals surface area (Å²) in [5, 5.41) is 3.59. The molecule has 0 aliphatic heterocycles. The third-order valence-electron chi connectivity index (χ3n) is 5.60. The van der Waals surface area contributed by atoms with Crippen molar-refractivity contribution < 1.29 is 9.53 Å². The van der Waals surface area contributed by atoms with Crippen LogP contribution in [0.5, 0.6) is 5.75 Å². The molecule has 3 aromatic rings. The Morgan fingerprint density at radius 3 is 2.61 bits per heavy atom.